The lowest BCUT2D eigenvalue weighted by atomic mass is 9.95. The standard InChI is InChI=1S/C17H25N3O4S/c1-20(2)25(23,24)15-10-8-13(9-11-15)17(22)18-12-16(21)19-14-6-4-3-5-7-14/h8-11,14H,3-7,12H2,1-2H3,(H,18,22)(H,19,21). The van der Waals surface area contributed by atoms with Gasteiger partial charge in [0.25, 0.3) is 5.91 Å². The fraction of sp³-hybridized carbons (Fsp3) is 0.529. The van der Waals surface area contributed by atoms with Gasteiger partial charge in [0.15, 0.2) is 0 Å². The van der Waals surface area contributed by atoms with Gasteiger partial charge in [-0.15, -0.1) is 0 Å². The largest absolute Gasteiger partial charge is 0.352 e. The monoisotopic (exact) mass is 367 g/mol. The van der Waals surface area contributed by atoms with Gasteiger partial charge in [-0.2, -0.15) is 0 Å². The molecule has 0 aromatic heterocycles. The second-order valence-electron chi connectivity index (χ2n) is 6.40. The van der Waals surface area contributed by atoms with Crippen LogP contribution in [0.3, 0.4) is 0 Å². The van der Waals surface area contributed by atoms with Crippen LogP contribution in [-0.2, 0) is 14.8 Å². The fourth-order valence-corrected chi connectivity index (χ4v) is 3.68. The Hall–Kier alpha value is -1.93. The molecule has 2 rings (SSSR count). The molecule has 2 amide bonds. The molecule has 1 aromatic rings. The summed E-state index contributed by atoms with van der Waals surface area (Å²) in [7, 11) is -0.633. The molecular formula is C17H25N3O4S. The van der Waals surface area contributed by atoms with Crippen LogP contribution in [0.25, 0.3) is 0 Å². The highest BCUT2D eigenvalue weighted by atomic mass is 32.2. The molecule has 7 nitrogen and oxygen atoms in total. The molecule has 0 spiro atoms. The molecule has 1 aliphatic rings. The van der Waals surface area contributed by atoms with Gasteiger partial charge in [-0.1, -0.05) is 19.3 Å². The first-order chi connectivity index (χ1) is 11.8. The van der Waals surface area contributed by atoms with Gasteiger partial charge < -0.3 is 10.6 Å². The van der Waals surface area contributed by atoms with Gasteiger partial charge in [0, 0.05) is 25.7 Å². The molecule has 0 radical (unpaired) electrons. The Morgan fingerprint density at radius 3 is 2.24 bits per heavy atom. The molecule has 0 unspecified atom stereocenters. The average Bonchev–Trinajstić information content (AvgIpc) is 2.60. The van der Waals surface area contributed by atoms with Crippen molar-refractivity contribution in [3.05, 3.63) is 29.8 Å². The minimum Gasteiger partial charge on any atom is -0.352 e. The number of carbonyl (C=O) groups excluding carboxylic acids is 2. The molecular weight excluding hydrogens is 342 g/mol. The Bertz CT molecular complexity index is 708. The maximum Gasteiger partial charge on any atom is 0.251 e. The second-order valence-corrected chi connectivity index (χ2v) is 8.55. The second kappa shape index (κ2) is 8.44. The van der Waals surface area contributed by atoms with Crippen molar-refractivity contribution in [1.29, 1.82) is 0 Å². The highest BCUT2D eigenvalue weighted by Gasteiger charge is 2.18. The maximum atomic E-state index is 12.1. The SMILES string of the molecule is CN(C)S(=O)(=O)c1ccc(C(=O)NCC(=O)NC2CCCCC2)cc1. The zero-order chi connectivity index (χ0) is 18.4. The molecule has 8 heteroatoms. The summed E-state index contributed by atoms with van der Waals surface area (Å²) in [4.78, 5) is 24.1. The number of benzene rings is 1. The first-order valence-electron chi connectivity index (χ1n) is 8.41. The van der Waals surface area contributed by atoms with Crippen LogP contribution in [0.5, 0.6) is 0 Å². The summed E-state index contributed by atoms with van der Waals surface area (Å²) in [5.41, 5.74) is 0.308. The van der Waals surface area contributed by atoms with E-state index in [2.05, 4.69) is 10.6 Å². The molecule has 0 aliphatic heterocycles. The molecule has 0 atom stereocenters. The van der Waals surface area contributed by atoms with E-state index in [1.807, 2.05) is 0 Å². The summed E-state index contributed by atoms with van der Waals surface area (Å²) in [6.45, 7) is -0.0902. The van der Waals surface area contributed by atoms with Crippen LogP contribution >= 0.6 is 0 Å². The zero-order valence-corrected chi connectivity index (χ0v) is 15.4. The first kappa shape index (κ1) is 19.4. The lowest BCUT2D eigenvalue weighted by Crippen LogP contribution is -2.42. The van der Waals surface area contributed by atoms with Crippen molar-refractivity contribution < 1.29 is 18.0 Å². The number of carbonyl (C=O) groups is 2. The Morgan fingerprint density at radius 1 is 1.08 bits per heavy atom. The van der Waals surface area contributed by atoms with E-state index in [0.29, 0.717) is 5.56 Å². The topological polar surface area (TPSA) is 95.6 Å². The first-order valence-corrected chi connectivity index (χ1v) is 9.85. The number of amides is 2. The smallest absolute Gasteiger partial charge is 0.251 e. The molecule has 1 aromatic carbocycles. The summed E-state index contributed by atoms with van der Waals surface area (Å²) in [6, 6.07) is 5.84. The lowest BCUT2D eigenvalue weighted by Gasteiger charge is -2.22. The summed E-state index contributed by atoms with van der Waals surface area (Å²) in [5, 5.41) is 5.49. The van der Waals surface area contributed by atoms with E-state index in [0.717, 1.165) is 30.0 Å². The number of nitrogens with zero attached hydrogens (tertiary/aromatic N) is 1. The van der Waals surface area contributed by atoms with Gasteiger partial charge in [0.1, 0.15) is 0 Å². The maximum absolute atomic E-state index is 12.1. The normalized spacial score (nSPS) is 15.8. The number of hydrogen-bond acceptors (Lipinski definition) is 4. The van der Waals surface area contributed by atoms with E-state index in [4.69, 9.17) is 0 Å². The van der Waals surface area contributed by atoms with Crippen molar-refractivity contribution >= 4 is 21.8 Å². The minimum absolute atomic E-state index is 0.0902. The van der Waals surface area contributed by atoms with Crippen molar-refractivity contribution in [3.63, 3.8) is 0 Å². The summed E-state index contributed by atoms with van der Waals surface area (Å²) in [6.07, 6.45) is 5.44. The summed E-state index contributed by atoms with van der Waals surface area (Å²) < 4.78 is 25.1. The number of rotatable bonds is 6. The average molecular weight is 367 g/mol. The van der Waals surface area contributed by atoms with E-state index < -0.39 is 15.9 Å². The van der Waals surface area contributed by atoms with Crippen LogP contribution in [-0.4, -0.2) is 51.2 Å². The van der Waals surface area contributed by atoms with Crippen LogP contribution in [0.2, 0.25) is 0 Å². The summed E-state index contributed by atoms with van der Waals surface area (Å²) in [5.74, 6) is -0.611. The predicted molar refractivity (Wildman–Crippen MR) is 94.7 cm³/mol. The van der Waals surface area contributed by atoms with Crippen molar-refractivity contribution in [3.8, 4) is 0 Å². The van der Waals surface area contributed by atoms with E-state index in [1.54, 1.807) is 0 Å². The third-order valence-electron chi connectivity index (χ3n) is 4.27. The number of sulfonamides is 1. The summed E-state index contributed by atoms with van der Waals surface area (Å²) >= 11 is 0. The van der Waals surface area contributed by atoms with Crippen molar-refractivity contribution in [1.82, 2.24) is 14.9 Å². The van der Waals surface area contributed by atoms with Crippen molar-refractivity contribution in [2.45, 2.75) is 43.0 Å². The molecule has 138 valence electrons. The van der Waals surface area contributed by atoms with Gasteiger partial charge in [-0.3, -0.25) is 9.59 Å². The van der Waals surface area contributed by atoms with E-state index >= 15 is 0 Å². The van der Waals surface area contributed by atoms with Crippen LogP contribution in [0.1, 0.15) is 42.5 Å². The Kier molecular flexibility index (Phi) is 6.55. The molecule has 2 N–H and O–H groups in total. The van der Waals surface area contributed by atoms with Crippen LogP contribution in [0.4, 0.5) is 0 Å². The minimum atomic E-state index is -3.52. The third kappa shape index (κ3) is 5.27. The Morgan fingerprint density at radius 2 is 1.68 bits per heavy atom. The van der Waals surface area contributed by atoms with E-state index in [9.17, 15) is 18.0 Å². The van der Waals surface area contributed by atoms with Crippen LogP contribution in [0.15, 0.2) is 29.2 Å². The van der Waals surface area contributed by atoms with Crippen molar-refractivity contribution in [2.24, 2.45) is 0 Å². The lowest BCUT2D eigenvalue weighted by molar-refractivity contribution is -0.121. The van der Waals surface area contributed by atoms with Gasteiger partial charge in [0.05, 0.1) is 11.4 Å². The molecule has 1 aliphatic carbocycles. The van der Waals surface area contributed by atoms with Gasteiger partial charge >= 0.3 is 0 Å². The van der Waals surface area contributed by atoms with E-state index in [-0.39, 0.29) is 23.4 Å². The third-order valence-corrected chi connectivity index (χ3v) is 6.10. The molecule has 0 heterocycles. The molecule has 1 fully saturated rings. The molecule has 0 saturated heterocycles. The van der Waals surface area contributed by atoms with Crippen molar-refractivity contribution in [2.75, 3.05) is 20.6 Å². The van der Waals surface area contributed by atoms with Gasteiger partial charge in [0.2, 0.25) is 15.9 Å². The fourth-order valence-electron chi connectivity index (χ4n) is 2.78. The quantitative estimate of drug-likeness (QED) is 0.787. The van der Waals surface area contributed by atoms with Gasteiger partial charge in [-0.25, -0.2) is 12.7 Å². The molecule has 25 heavy (non-hydrogen) atoms. The number of hydrogen-bond donors (Lipinski definition) is 2. The zero-order valence-electron chi connectivity index (χ0n) is 14.6. The van der Waals surface area contributed by atoms with Gasteiger partial charge in [-0.05, 0) is 37.1 Å². The Labute approximate surface area is 148 Å². The highest BCUT2D eigenvalue weighted by Crippen LogP contribution is 2.17. The Balaban J connectivity index is 1.87. The van der Waals surface area contributed by atoms with E-state index in [1.165, 1.54) is 44.8 Å². The van der Waals surface area contributed by atoms with Crippen LogP contribution < -0.4 is 10.6 Å². The number of nitrogens with one attached hydrogen (secondary N) is 2. The highest BCUT2D eigenvalue weighted by molar-refractivity contribution is 7.89. The molecule has 1 saturated carbocycles. The van der Waals surface area contributed by atoms with Crippen LogP contribution in [0, 0.1) is 0 Å². The molecule has 0 bridgehead atoms. The predicted octanol–water partition coefficient (Wildman–Crippen LogP) is 1.12.